The van der Waals surface area contributed by atoms with Crippen molar-refractivity contribution in [3.8, 4) is 5.69 Å². The van der Waals surface area contributed by atoms with Gasteiger partial charge in [0.15, 0.2) is 5.65 Å². The lowest BCUT2D eigenvalue weighted by Gasteiger charge is -2.39. The lowest BCUT2D eigenvalue weighted by atomic mass is 10.0. The molecule has 1 aliphatic heterocycles. The van der Waals surface area contributed by atoms with Gasteiger partial charge in [0.25, 0.3) is 0 Å². The van der Waals surface area contributed by atoms with Gasteiger partial charge in [0.2, 0.25) is 0 Å². The third-order valence-corrected chi connectivity index (χ3v) is 5.69. The van der Waals surface area contributed by atoms with Gasteiger partial charge in [0, 0.05) is 31.0 Å². The third-order valence-electron chi connectivity index (χ3n) is 5.69. The molecule has 0 unspecified atom stereocenters. The summed E-state index contributed by atoms with van der Waals surface area (Å²) in [5.41, 5.74) is 3.17. The summed E-state index contributed by atoms with van der Waals surface area (Å²) in [7, 11) is 0. The van der Waals surface area contributed by atoms with E-state index in [0.29, 0.717) is 0 Å². The number of hydrogen-bond acceptors (Lipinski definition) is 5. The molecule has 3 heterocycles. The molecule has 0 radical (unpaired) electrons. The molecule has 6 heteroatoms. The number of benzene rings is 1. The molecule has 0 spiro atoms. The summed E-state index contributed by atoms with van der Waals surface area (Å²) in [6.45, 7) is 9.29. The molecule has 3 aromatic rings. The predicted octanol–water partition coefficient (Wildman–Crippen LogP) is 3.91. The van der Waals surface area contributed by atoms with Gasteiger partial charge in [-0.15, -0.1) is 0 Å². The summed E-state index contributed by atoms with van der Waals surface area (Å²) in [4.78, 5) is 13.6. The van der Waals surface area contributed by atoms with E-state index in [9.17, 15) is 0 Å². The molecule has 4 rings (SSSR count). The van der Waals surface area contributed by atoms with E-state index in [1.165, 1.54) is 44.5 Å². The van der Waals surface area contributed by atoms with Gasteiger partial charge < -0.3 is 9.80 Å². The normalized spacial score (nSPS) is 15.6. The van der Waals surface area contributed by atoms with Crippen LogP contribution in [0.3, 0.4) is 0 Å². The minimum absolute atomic E-state index is 0.741. The molecule has 148 valence electrons. The van der Waals surface area contributed by atoms with Crippen molar-refractivity contribution < 1.29 is 0 Å². The average Bonchev–Trinajstić information content (AvgIpc) is 3.18. The lowest BCUT2D eigenvalue weighted by Crippen LogP contribution is -2.45. The van der Waals surface area contributed by atoms with Crippen LogP contribution in [0.2, 0.25) is 0 Å². The van der Waals surface area contributed by atoms with Crippen LogP contribution >= 0.6 is 0 Å². The zero-order chi connectivity index (χ0) is 19.3. The van der Waals surface area contributed by atoms with Crippen molar-refractivity contribution in [1.82, 2.24) is 24.6 Å². The Balaban J connectivity index is 1.42. The van der Waals surface area contributed by atoms with Gasteiger partial charge >= 0.3 is 0 Å². The highest BCUT2D eigenvalue weighted by molar-refractivity contribution is 5.75. The van der Waals surface area contributed by atoms with Crippen LogP contribution in [0.15, 0.2) is 43.0 Å². The van der Waals surface area contributed by atoms with Crippen molar-refractivity contribution >= 4 is 16.7 Å². The molecule has 6 nitrogen and oxygen atoms in total. The number of piperidine rings is 1. The van der Waals surface area contributed by atoms with Crippen molar-refractivity contribution in [1.29, 1.82) is 0 Å². The molecular formula is C22H30N6. The summed E-state index contributed by atoms with van der Waals surface area (Å²) < 4.78 is 1.88. The van der Waals surface area contributed by atoms with Gasteiger partial charge in [-0.3, -0.25) is 0 Å². The number of rotatable bonds is 7. The molecule has 0 amide bonds. The monoisotopic (exact) mass is 378 g/mol. The van der Waals surface area contributed by atoms with Crippen molar-refractivity contribution in [2.45, 2.75) is 45.6 Å². The average molecular weight is 379 g/mol. The van der Waals surface area contributed by atoms with E-state index < -0.39 is 0 Å². The zero-order valence-corrected chi connectivity index (χ0v) is 17.0. The van der Waals surface area contributed by atoms with Gasteiger partial charge in [-0.05, 0) is 63.0 Å². The Labute approximate surface area is 167 Å². The first-order chi connectivity index (χ1) is 13.8. The van der Waals surface area contributed by atoms with E-state index in [0.717, 1.165) is 35.9 Å². The minimum Gasteiger partial charge on any atom is -0.371 e. The molecule has 1 saturated heterocycles. The number of anilines is 1. The van der Waals surface area contributed by atoms with Crippen molar-refractivity contribution in [3.63, 3.8) is 0 Å². The number of fused-ring (bicyclic) bond motifs is 1. The van der Waals surface area contributed by atoms with Gasteiger partial charge in [-0.1, -0.05) is 13.8 Å². The van der Waals surface area contributed by atoms with Crippen LogP contribution in [-0.2, 0) is 0 Å². The summed E-state index contributed by atoms with van der Waals surface area (Å²) in [5.74, 6) is 0. The summed E-state index contributed by atoms with van der Waals surface area (Å²) in [6.07, 6.45) is 10.2. The molecule has 0 N–H and O–H groups in total. The molecule has 0 atom stereocenters. The molecule has 1 fully saturated rings. The van der Waals surface area contributed by atoms with Crippen LogP contribution < -0.4 is 4.90 Å². The zero-order valence-electron chi connectivity index (χ0n) is 17.0. The van der Waals surface area contributed by atoms with E-state index >= 15 is 0 Å². The van der Waals surface area contributed by atoms with Gasteiger partial charge in [0.1, 0.15) is 6.33 Å². The highest BCUT2D eigenvalue weighted by Crippen LogP contribution is 2.25. The Hall–Kier alpha value is -2.47. The first-order valence-corrected chi connectivity index (χ1v) is 10.5. The first kappa shape index (κ1) is 18.9. The molecule has 0 aliphatic carbocycles. The largest absolute Gasteiger partial charge is 0.371 e. The fourth-order valence-corrected chi connectivity index (χ4v) is 4.31. The van der Waals surface area contributed by atoms with E-state index in [2.05, 4.69) is 63.0 Å². The quantitative estimate of drug-likeness (QED) is 0.624. The van der Waals surface area contributed by atoms with Gasteiger partial charge in [-0.2, -0.15) is 5.10 Å². The fourth-order valence-electron chi connectivity index (χ4n) is 4.31. The molecule has 0 bridgehead atoms. The number of nitrogens with zero attached hydrogens (tertiary/aromatic N) is 6. The highest BCUT2D eigenvalue weighted by Gasteiger charge is 2.23. The van der Waals surface area contributed by atoms with Crippen LogP contribution in [-0.4, -0.2) is 56.9 Å². The third kappa shape index (κ3) is 3.87. The van der Waals surface area contributed by atoms with Crippen LogP contribution in [0.1, 0.15) is 39.5 Å². The maximum atomic E-state index is 4.47. The molecule has 28 heavy (non-hydrogen) atoms. The second kappa shape index (κ2) is 8.69. The van der Waals surface area contributed by atoms with Crippen LogP contribution in [0, 0.1) is 0 Å². The van der Waals surface area contributed by atoms with Crippen LogP contribution in [0.25, 0.3) is 16.7 Å². The second-order valence-electron chi connectivity index (χ2n) is 7.63. The Kier molecular flexibility index (Phi) is 5.86. The summed E-state index contributed by atoms with van der Waals surface area (Å²) in [6, 6.07) is 9.43. The smallest absolute Gasteiger partial charge is 0.166 e. The molecule has 1 aromatic carbocycles. The maximum absolute atomic E-state index is 4.47. The summed E-state index contributed by atoms with van der Waals surface area (Å²) >= 11 is 0. The molecular weight excluding hydrogens is 348 g/mol. The number of hydrogen-bond donors (Lipinski definition) is 0. The lowest BCUT2D eigenvalue weighted by molar-refractivity contribution is 0.169. The fraction of sp³-hybridized carbons (Fsp3) is 0.500. The number of aromatic nitrogens is 4. The van der Waals surface area contributed by atoms with Crippen molar-refractivity contribution in [2.75, 3.05) is 31.1 Å². The Morgan fingerprint density at radius 2 is 1.64 bits per heavy atom. The van der Waals surface area contributed by atoms with Crippen molar-refractivity contribution in [3.05, 3.63) is 43.0 Å². The standard InChI is InChI=1S/C22H30N6/c1-3-11-26(12-4-2)20-9-13-27(14-10-20)19-5-7-21(8-6-19)28-22-18(16-25-28)15-23-17-24-22/h5-8,15-17,20H,3-4,9-14H2,1-2H3. The second-order valence-corrected chi connectivity index (χ2v) is 7.63. The topological polar surface area (TPSA) is 50.1 Å². The van der Waals surface area contributed by atoms with Crippen LogP contribution in [0.5, 0.6) is 0 Å². The molecule has 0 saturated carbocycles. The minimum atomic E-state index is 0.741. The highest BCUT2D eigenvalue weighted by atomic mass is 15.3. The van der Waals surface area contributed by atoms with Crippen molar-refractivity contribution in [2.24, 2.45) is 0 Å². The van der Waals surface area contributed by atoms with E-state index in [-0.39, 0.29) is 0 Å². The Morgan fingerprint density at radius 1 is 0.964 bits per heavy atom. The maximum Gasteiger partial charge on any atom is 0.166 e. The molecule has 1 aliphatic rings. The van der Waals surface area contributed by atoms with Gasteiger partial charge in [-0.25, -0.2) is 14.6 Å². The summed E-state index contributed by atoms with van der Waals surface area (Å²) in [5, 5.41) is 5.42. The first-order valence-electron chi connectivity index (χ1n) is 10.5. The van der Waals surface area contributed by atoms with E-state index in [1.807, 2.05) is 10.9 Å². The van der Waals surface area contributed by atoms with E-state index in [1.54, 1.807) is 12.5 Å². The Bertz CT molecular complexity index is 873. The van der Waals surface area contributed by atoms with Gasteiger partial charge in [0.05, 0.1) is 17.3 Å². The molecule has 2 aromatic heterocycles. The Morgan fingerprint density at radius 3 is 2.32 bits per heavy atom. The van der Waals surface area contributed by atoms with Crippen LogP contribution in [0.4, 0.5) is 5.69 Å². The van der Waals surface area contributed by atoms with E-state index in [4.69, 9.17) is 0 Å². The predicted molar refractivity (Wildman–Crippen MR) is 114 cm³/mol. The SMILES string of the molecule is CCCN(CCC)C1CCN(c2ccc(-n3ncc4cncnc43)cc2)CC1.